The third kappa shape index (κ3) is 4.70. The maximum absolute atomic E-state index is 13.0. The molecule has 3 aromatic rings. The Bertz CT molecular complexity index is 986. The number of aromatic nitrogens is 1. The van der Waals surface area contributed by atoms with Gasteiger partial charge in [0.2, 0.25) is 0 Å². The van der Waals surface area contributed by atoms with Crippen molar-refractivity contribution in [2.45, 2.75) is 0 Å². The third-order valence-electron chi connectivity index (χ3n) is 4.01. The van der Waals surface area contributed by atoms with Crippen LogP contribution in [-0.2, 0) is 0 Å². The van der Waals surface area contributed by atoms with Crippen LogP contribution in [0.3, 0.4) is 0 Å². The molecule has 0 fully saturated rings. The standard InChI is InChI=1S/C21H19FN4O2/c1-26(2)19-9-7-18(8-10-19)25-21(28)15-11-14(12-23-13-15)20(27)24-17-5-3-16(22)4-6-17/h3-13H,1-2H3,(H,24,27)(H,25,28). The molecule has 0 bridgehead atoms. The first-order valence-corrected chi connectivity index (χ1v) is 8.53. The Morgan fingerprint density at radius 2 is 1.29 bits per heavy atom. The topological polar surface area (TPSA) is 74.3 Å². The van der Waals surface area contributed by atoms with Gasteiger partial charge in [-0.05, 0) is 54.6 Å². The van der Waals surface area contributed by atoms with E-state index in [1.807, 2.05) is 31.1 Å². The number of amides is 2. The molecular formula is C21H19FN4O2. The van der Waals surface area contributed by atoms with Gasteiger partial charge in [0.15, 0.2) is 0 Å². The number of nitrogens with zero attached hydrogens (tertiary/aromatic N) is 2. The number of nitrogens with one attached hydrogen (secondary N) is 2. The zero-order valence-electron chi connectivity index (χ0n) is 15.4. The molecule has 7 heteroatoms. The van der Waals surface area contributed by atoms with Crippen LogP contribution in [0.5, 0.6) is 0 Å². The molecule has 6 nitrogen and oxygen atoms in total. The van der Waals surface area contributed by atoms with Crippen molar-refractivity contribution in [1.82, 2.24) is 4.98 Å². The maximum atomic E-state index is 13.0. The van der Waals surface area contributed by atoms with Gasteiger partial charge in [-0.25, -0.2) is 4.39 Å². The Labute approximate surface area is 162 Å². The fourth-order valence-electron chi connectivity index (χ4n) is 2.47. The fraction of sp³-hybridized carbons (Fsp3) is 0.0952. The molecule has 0 unspecified atom stereocenters. The van der Waals surface area contributed by atoms with Crippen LogP contribution in [0.1, 0.15) is 20.7 Å². The molecule has 2 N–H and O–H groups in total. The van der Waals surface area contributed by atoms with Gasteiger partial charge in [0.05, 0.1) is 11.1 Å². The number of pyridine rings is 1. The second-order valence-electron chi connectivity index (χ2n) is 6.32. The predicted octanol–water partition coefficient (Wildman–Crippen LogP) is 3.79. The van der Waals surface area contributed by atoms with Crippen LogP contribution < -0.4 is 15.5 Å². The van der Waals surface area contributed by atoms with E-state index in [1.54, 1.807) is 12.1 Å². The lowest BCUT2D eigenvalue weighted by molar-refractivity contribution is 0.102. The van der Waals surface area contributed by atoms with E-state index < -0.39 is 11.7 Å². The average molecular weight is 378 g/mol. The Morgan fingerprint density at radius 3 is 1.75 bits per heavy atom. The maximum Gasteiger partial charge on any atom is 0.257 e. The highest BCUT2D eigenvalue weighted by Crippen LogP contribution is 2.17. The van der Waals surface area contributed by atoms with Crippen molar-refractivity contribution in [3.63, 3.8) is 0 Å². The Hall–Kier alpha value is -3.74. The van der Waals surface area contributed by atoms with E-state index in [2.05, 4.69) is 15.6 Å². The zero-order chi connectivity index (χ0) is 20.1. The fourth-order valence-corrected chi connectivity index (χ4v) is 2.47. The average Bonchev–Trinajstić information content (AvgIpc) is 2.70. The van der Waals surface area contributed by atoms with Crippen LogP contribution >= 0.6 is 0 Å². The summed E-state index contributed by atoms with van der Waals surface area (Å²) >= 11 is 0. The minimum absolute atomic E-state index is 0.222. The molecule has 0 aliphatic carbocycles. The van der Waals surface area contributed by atoms with Crippen molar-refractivity contribution in [2.24, 2.45) is 0 Å². The number of hydrogen-bond donors (Lipinski definition) is 2. The summed E-state index contributed by atoms with van der Waals surface area (Å²) < 4.78 is 13.0. The monoisotopic (exact) mass is 378 g/mol. The minimum atomic E-state index is -0.441. The molecular weight excluding hydrogens is 359 g/mol. The summed E-state index contributed by atoms with van der Waals surface area (Å²) in [7, 11) is 3.86. The first kappa shape index (κ1) is 19.0. The lowest BCUT2D eigenvalue weighted by atomic mass is 10.1. The summed E-state index contributed by atoms with van der Waals surface area (Å²) in [6.45, 7) is 0. The molecule has 0 radical (unpaired) electrons. The van der Waals surface area contributed by atoms with Crippen LogP contribution in [0.2, 0.25) is 0 Å². The van der Waals surface area contributed by atoms with Gasteiger partial charge in [-0.3, -0.25) is 14.6 Å². The number of benzene rings is 2. The molecule has 1 aromatic heterocycles. The zero-order valence-corrected chi connectivity index (χ0v) is 15.4. The molecule has 28 heavy (non-hydrogen) atoms. The van der Waals surface area contributed by atoms with Gasteiger partial charge in [-0.2, -0.15) is 0 Å². The second kappa shape index (κ2) is 8.30. The number of rotatable bonds is 5. The minimum Gasteiger partial charge on any atom is -0.378 e. The molecule has 142 valence electrons. The van der Waals surface area contributed by atoms with Crippen molar-refractivity contribution in [1.29, 1.82) is 0 Å². The lowest BCUT2D eigenvalue weighted by Gasteiger charge is -2.13. The Balaban J connectivity index is 1.70. The van der Waals surface area contributed by atoms with E-state index in [1.165, 1.54) is 42.7 Å². The molecule has 3 rings (SSSR count). The molecule has 0 aliphatic heterocycles. The number of anilines is 3. The summed E-state index contributed by atoms with van der Waals surface area (Å²) in [6.07, 6.45) is 2.75. The smallest absolute Gasteiger partial charge is 0.257 e. The normalized spacial score (nSPS) is 10.2. The third-order valence-corrected chi connectivity index (χ3v) is 4.01. The molecule has 0 atom stereocenters. The summed E-state index contributed by atoms with van der Waals surface area (Å²) in [5.74, 6) is -1.21. The van der Waals surface area contributed by atoms with Crippen LogP contribution in [0, 0.1) is 5.82 Å². The Morgan fingerprint density at radius 1 is 0.821 bits per heavy atom. The highest BCUT2D eigenvalue weighted by Gasteiger charge is 2.12. The predicted molar refractivity (Wildman–Crippen MR) is 107 cm³/mol. The van der Waals surface area contributed by atoms with E-state index in [-0.39, 0.29) is 17.0 Å². The van der Waals surface area contributed by atoms with Crippen LogP contribution in [0.15, 0.2) is 67.0 Å². The van der Waals surface area contributed by atoms with Gasteiger partial charge in [0.1, 0.15) is 5.82 Å². The van der Waals surface area contributed by atoms with E-state index in [9.17, 15) is 14.0 Å². The Kier molecular flexibility index (Phi) is 5.64. The first-order chi connectivity index (χ1) is 13.4. The van der Waals surface area contributed by atoms with Gasteiger partial charge in [-0.15, -0.1) is 0 Å². The highest BCUT2D eigenvalue weighted by molar-refractivity contribution is 6.08. The quantitative estimate of drug-likeness (QED) is 0.708. The number of hydrogen-bond acceptors (Lipinski definition) is 4. The van der Waals surface area contributed by atoms with Crippen molar-refractivity contribution in [3.8, 4) is 0 Å². The SMILES string of the molecule is CN(C)c1ccc(NC(=O)c2cncc(C(=O)Nc3ccc(F)cc3)c2)cc1. The van der Waals surface area contributed by atoms with Crippen molar-refractivity contribution in [2.75, 3.05) is 29.6 Å². The largest absolute Gasteiger partial charge is 0.378 e. The first-order valence-electron chi connectivity index (χ1n) is 8.53. The van der Waals surface area contributed by atoms with Crippen molar-refractivity contribution < 1.29 is 14.0 Å². The van der Waals surface area contributed by atoms with Gasteiger partial charge in [-0.1, -0.05) is 0 Å². The molecule has 2 aromatic carbocycles. The molecule has 0 saturated carbocycles. The summed E-state index contributed by atoms with van der Waals surface area (Å²) in [5.41, 5.74) is 2.57. The van der Waals surface area contributed by atoms with Crippen LogP contribution in [-0.4, -0.2) is 30.9 Å². The van der Waals surface area contributed by atoms with Crippen LogP contribution in [0.25, 0.3) is 0 Å². The van der Waals surface area contributed by atoms with Crippen molar-refractivity contribution in [3.05, 3.63) is 83.9 Å². The second-order valence-corrected chi connectivity index (χ2v) is 6.32. The summed E-state index contributed by atoms with van der Waals surface area (Å²) in [4.78, 5) is 30.8. The van der Waals surface area contributed by atoms with Crippen molar-refractivity contribution >= 4 is 28.9 Å². The van der Waals surface area contributed by atoms with E-state index >= 15 is 0 Å². The van der Waals surface area contributed by atoms with E-state index in [4.69, 9.17) is 0 Å². The van der Waals surface area contributed by atoms with E-state index in [0.29, 0.717) is 11.4 Å². The lowest BCUT2D eigenvalue weighted by Crippen LogP contribution is -2.16. The van der Waals surface area contributed by atoms with Gasteiger partial charge in [0.25, 0.3) is 11.8 Å². The number of carbonyl (C=O) groups excluding carboxylic acids is 2. The van der Waals surface area contributed by atoms with Crippen LogP contribution in [0.4, 0.5) is 21.5 Å². The highest BCUT2D eigenvalue weighted by atomic mass is 19.1. The van der Waals surface area contributed by atoms with Gasteiger partial charge >= 0.3 is 0 Å². The van der Waals surface area contributed by atoms with E-state index in [0.717, 1.165) is 5.69 Å². The number of halogens is 1. The molecule has 0 spiro atoms. The summed E-state index contributed by atoms with van der Waals surface area (Å²) in [5, 5.41) is 5.41. The molecule has 0 saturated heterocycles. The summed E-state index contributed by atoms with van der Waals surface area (Å²) in [6, 6.07) is 14.2. The molecule has 0 aliphatic rings. The van der Waals surface area contributed by atoms with Gasteiger partial charge < -0.3 is 15.5 Å². The van der Waals surface area contributed by atoms with Gasteiger partial charge in [0, 0.05) is 43.6 Å². The molecule has 1 heterocycles. The molecule has 2 amide bonds. The number of carbonyl (C=O) groups is 2.